The number of carbonyl (C=O) groups is 1. The number of amides is 1. The number of fused-ring (bicyclic) bond motifs is 1. The van der Waals surface area contributed by atoms with E-state index in [4.69, 9.17) is 0 Å². The average Bonchev–Trinajstić information content (AvgIpc) is 3.28. The molecule has 200 valence electrons. The molecule has 0 fully saturated rings. The Bertz CT molecular complexity index is 1490. The van der Waals surface area contributed by atoms with E-state index < -0.39 is 10.0 Å². The van der Waals surface area contributed by atoms with Gasteiger partial charge in [0.15, 0.2) is 0 Å². The van der Waals surface area contributed by atoms with Crippen LogP contribution in [0.5, 0.6) is 0 Å². The standard InChI is InChI=1S/C31H37N3O3S/c1-4-5-6-10-23-15-17-26(18-16-23)38(36,37)32-20-19-28-27-13-7-8-14-29(27)34-30(28)24-11-9-12-25(21-24)33-31(35)22(2)3/h7-9,11-18,21-22,32,34H,4-6,10,19-20H2,1-3H3,(H,33,35). The molecule has 1 aromatic heterocycles. The van der Waals surface area contributed by atoms with Crippen LogP contribution in [0.15, 0.2) is 77.7 Å². The number of aromatic nitrogens is 1. The van der Waals surface area contributed by atoms with Gasteiger partial charge in [-0.3, -0.25) is 4.79 Å². The molecule has 3 aromatic carbocycles. The fraction of sp³-hybridized carbons (Fsp3) is 0.323. The highest BCUT2D eigenvalue weighted by atomic mass is 32.2. The molecule has 1 heterocycles. The lowest BCUT2D eigenvalue weighted by Crippen LogP contribution is -2.26. The van der Waals surface area contributed by atoms with Crippen LogP contribution in [0.2, 0.25) is 0 Å². The number of sulfonamides is 1. The Balaban J connectivity index is 1.52. The van der Waals surface area contributed by atoms with Crippen molar-refractivity contribution in [2.75, 3.05) is 11.9 Å². The van der Waals surface area contributed by atoms with E-state index in [0.717, 1.165) is 58.2 Å². The van der Waals surface area contributed by atoms with Gasteiger partial charge in [0.25, 0.3) is 0 Å². The van der Waals surface area contributed by atoms with Crippen LogP contribution in [-0.4, -0.2) is 25.9 Å². The summed E-state index contributed by atoms with van der Waals surface area (Å²) in [5, 5.41) is 4.01. The summed E-state index contributed by atoms with van der Waals surface area (Å²) >= 11 is 0. The summed E-state index contributed by atoms with van der Waals surface area (Å²) in [5.74, 6) is -0.157. The molecule has 0 atom stereocenters. The number of hydrogen-bond donors (Lipinski definition) is 3. The molecule has 0 unspecified atom stereocenters. The SMILES string of the molecule is CCCCCc1ccc(S(=O)(=O)NCCc2c(-c3cccc(NC(=O)C(C)C)c3)[nH]c3ccccc23)cc1. The van der Waals surface area contributed by atoms with Gasteiger partial charge >= 0.3 is 0 Å². The second-order valence-electron chi connectivity index (χ2n) is 10.00. The number of H-pyrrole nitrogens is 1. The van der Waals surface area contributed by atoms with E-state index in [-0.39, 0.29) is 23.3 Å². The van der Waals surface area contributed by atoms with Gasteiger partial charge in [-0.15, -0.1) is 0 Å². The number of unbranched alkanes of at least 4 members (excludes halogenated alkanes) is 2. The van der Waals surface area contributed by atoms with Crippen LogP contribution in [0.25, 0.3) is 22.2 Å². The van der Waals surface area contributed by atoms with E-state index in [1.807, 2.05) is 74.5 Å². The van der Waals surface area contributed by atoms with E-state index in [1.54, 1.807) is 12.1 Å². The Kier molecular flexibility index (Phi) is 9.02. The smallest absolute Gasteiger partial charge is 0.240 e. The second-order valence-corrected chi connectivity index (χ2v) is 11.8. The van der Waals surface area contributed by atoms with Gasteiger partial charge in [0, 0.05) is 40.3 Å². The van der Waals surface area contributed by atoms with Gasteiger partial charge in [0.1, 0.15) is 0 Å². The van der Waals surface area contributed by atoms with Gasteiger partial charge in [-0.05, 0) is 60.7 Å². The summed E-state index contributed by atoms with van der Waals surface area (Å²) in [7, 11) is -3.62. The van der Waals surface area contributed by atoms with Crippen molar-refractivity contribution in [1.82, 2.24) is 9.71 Å². The van der Waals surface area contributed by atoms with E-state index in [0.29, 0.717) is 6.42 Å². The normalized spacial score (nSPS) is 11.8. The van der Waals surface area contributed by atoms with Crippen molar-refractivity contribution < 1.29 is 13.2 Å². The first-order valence-corrected chi connectivity index (χ1v) is 14.9. The number of carbonyl (C=O) groups excluding carboxylic acids is 1. The molecule has 1 amide bonds. The third kappa shape index (κ3) is 6.71. The lowest BCUT2D eigenvalue weighted by molar-refractivity contribution is -0.118. The molecule has 3 N–H and O–H groups in total. The van der Waals surface area contributed by atoms with Crippen LogP contribution in [0, 0.1) is 5.92 Å². The second kappa shape index (κ2) is 12.4. The highest BCUT2D eigenvalue weighted by Crippen LogP contribution is 2.32. The van der Waals surface area contributed by atoms with Crippen LogP contribution in [0.3, 0.4) is 0 Å². The molecule has 0 aliphatic carbocycles. The van der Waals surface area contributed by atoms with Crippen molar-refractivity contribution in [3.8, 4) is 11.3 Å². The van der Waals surface area contributed by atoms with Crippen LogP contribution in [0.1, 0.15) is 51.2 Å². The van der Waals surface area contributed by atoms with Crippen LogP contribution < -0.4 is 10.0 Å². The van der Waals surface area contributed by atoms with Crippen LogP contribution in [0.4, 0.5) is 5.69 Å². The fourth-order valence-electron chi connectivity index (χ4n) is 4.55. The topological polar surface area (TPSA) is 91.1 Å². The van der Waals surface area contributed by atoms with Crippen molar-refractivity contribution in [2.24, 2.45) is 5.92 Å². The average molecular weight is 532 g/mol. The maximum Gasteiger partial charge on any atom is 0.240 e. The first-order valence-electron chi connectivity index (χ1n) is 13.4. The highest BCUT2D eigenvalue weighted by molar-refractivity contribution is 7.89. The van der Waals surface area contributed by atoms with Gasteiger partial charge in [-0.25, -0.2) is 13.1 Å². The molecule has 4 rings (SSSR count). The number of nitrogens with one attached hydrogen (secondary N) is 3. The minimum absolute atomic E-state index is 0.0394. The molecule has 6 nitrogen and oxygen atoms in total. The number of para-hydroxylation sites is 1. The molecular weight excluding hydrogens is 494 g/mol. The lowest BCUT2D eigenvalue weighted by Gasteiger charge is -2.11. The quantitative estimate of drug-likeness (QED) is 0.178. The van der Waals surface area contributed by atoms with E-state index >= 15 is 0 Å². The summed E-state index contributed by atoms with van der Waals surface area (Å²) in [6.07, 6.45) is 4.92. The molecule has 0 bridgehead atoms. The largest absolute Gasteiger partial charge is 0.354 e. The summed E-state index contributed by atoms with van der Waals surface area (Å²) in [5.41, 5.74) is 5.75. The first kappa shape index (κ1) is 27.6. The Morgan fingerprint density at radius 2 is 1.68 bits per heavy atom. The zero-order valence-electron chi connectivity index (χ0n) is 22.4. The number of hydrogen-bond acceptors (Lipinski definition) is 3. The van der Waals surface area contributed by atoms with E-state index in [2.05, 4.69) is 21.9 Å². The van der Waals surface area contributed by atoms with Gasteiger partial charge < -0.3 is 10.3 Å². The predicted octanol–water partition coefficient (Wildman–Crippen LogP) is 6.68. The number of aryl methyl sites for hydroxylation is 1. The summed E-state index contributed by atoms with van der Waals surface area (Å²) in [6, 6.07) is 22.9. The Morgan fingerprint density at radius 1 is 0.921 bits per heavy atom. The zero-order chi connectivity index (χ0) is 27.1. The molecule has 0 aliphatic heterocycles. The minimum Gasteiger partial charge on any atom is -0.354 e. The summed E-state index contributed by atoms with van der Waals surface area (Å²) < 4.78 is 28.8. The summed E-state index contributed by atoms with van der Waals surface area (Å²) in [6.45, 7) is 6.15. The molecule has 0 aliphatic rings. The summed E-state index contributed by atoms with van der Waals surface area (Å²) in [4.78, 5) is 16.0. The van der Waals surface area contributed by atoms with E-state index in [9.17, 15) is 13.2 Å². The fourth-order valence-corrected chi connectivity index (χ4v) is 5.59. The monoisotopic (exact) mass is 531 g/mol. The molecule has 0 radical (unpaired) electrons. The molecule has 7 heteroatoms. The molecule has 4 aromatic rings. The highest BCUT2D eigenvalue weighted by Gasteiger charge is 2.17. The molecule has 0 spiro atoms. The van der Waals surface area contributed by atoms with Gasteiger partial charge in [-0.1, -0.05) is 76.1 Å². The molecular formula is C31H37N3O3S. The Morgan fingerprint density at radius 3 is 2.42 bits per heavy atom. The van der Waals surface area contributed by atoms with Crippen LogP contribution in [-0.2, 0) is 27.7 Å². The number of aromatic amines is 1. The lowest BCUT2D eigenvalue weighted by atomic mass is 10.0. The first-order chi connectivity index (χ1) is 18.3. The third-order valence-corrected chi connectivity index (χ3v) is 8.20. The molecule has 0 saturated carbocycles. The third-order valence-electron chi connectivity index (χ3n) is 6.73. The van der Waals surface area contributed by atoms with Crippen molar-refractivity contribution >= 4 is 32.5 Å². The van der Waals surface area contributed by atoms with Crippen molar-refractivity contribution in [1.29, 1.82) is 0 Å². The maximum atomic E-state index is 13.0. The van der Waals surface area contributed by atoms with Gasteiger partial charge in [0.05, 0.1) is 4.90 Å². The minimum atomic E-state index is -3.62. The van der Waals surface area contributed by atoms with Gasteiger partial charge in [0.2, 0.25) is 15.9 Å². The number of anilines is 1. The predicted molar refractivity (Wildman–Crippen MR) is 156 cm³/mol. The maximum absolute atomic E-state index is 13.0. The number of rotatable bonds is 12. The van der Waals surface area contributed by atoms with Gasteiger partial charge in [-0.2, -0.15) is 0 Å². The number of benzene rings is 3. The van der Waals surface area contributed by atoms with Crippen molar-refractivity contribution in [2.45, 2.75) is 57.8 Å². The Hall–Kier alpha value is -3.42. The molecule has 0 saturated heterocycles. The zero-order valence-corrected chi connectivity index (χ0v) is 23.2. The molecule has 38 heavy (non-hydrogen) atoms. The van der Waals surface area contributed by atoms with Crippen molar-refractivity contribution in [3.05, 3.63) is 83.9 Å². The van der Waals surface area contributed by atoms with Crippen molar-refractivity contribution in [3.63, 3.8) is 0 Å². The van der Waals surface area contributed by atoms with Crippen LogP contribution >= 0.6 is 0 Å². The van der Waals surface area contributed by atoms with E-state index in [1.165, 1.54) is 6.42 Å². The Labute approximate surface area is 225 Å².